The largest absolute Gasteiger partial charge is 0.380 e. The minimum absolute atomic E-state index is 0.356. The second-order valence-corrected chi connectivity index (χ2v) is 3.50. The van der Waals surface area contributed by atoms with Gasteiger partial charge >= 0.3 is 0 Å². The van der Waals surface area contributed by atoms with Gasteiger partial charge in [-0.15, -0.1) is 0 Å². The first-order valence-corrected chi connectivity index (χ1v) is 5.32. The molecule has 0 amide bonds. The van der Waals surface area contributed by atoms with E-state index in [1.54, 1.807) is 0 Å². The molecule has 1 N–H and O–H groups in total. The molecule has 1 aromatic heterocycles. The van der Waals surface area contributed by atoms with E-state index in [0.29, 0.717) is 17.8 Å². The van der Waals surface area contributed by atoms with E-state index >= 15 is 0 Å². The van der Waals surface area contributed by atoms with E-state index in [1.165, 1.54) is 0 Å². The van der Waals surface area contributed by atoms with Crippen LogP contribution in [-0.2, 0) is 11.2 Å². The summed E-state index contributed by atoms with van der Waals surface area (Å²) in [5, 5.41) is 7.05. The van der Waals surface area contributed by atoms with Crippen LogP contribution in [0.4, 0.5) is 0 Å². The molecule has 15 heavy (non-hydrogen) atoms. The van der Waals surface area contributed by atoms with Gasteiger partial charge in [-0.25, -0.2) is 0 Å². The third-order valence-corrected chi connectivity index (χ3v) is 1.97. The number of aryl methyl sites for hydroxylation is 1. The van der Waals surface area contributed by atoms with E-state index < -0.39 is 0 Å². The number of aromatic nitrogens is 2. The lowest BCUT2D eigenvalue weighted by molar-refractivity contribution is 0.127. The van der Waals surface area contributed by atoms with Crippen molar-refractivity contribution in [2.45, 2.75) is 33.2 Å². The molecule has 5 nitrogen and oxygen atoms in total. The Morgan fingerprint density at radius 2 is 2.33 bits per heavy atom. The molecule has 0 spiro atoms. The Bertz CT molecular complexity index is 275. The van der Waals surface area contributed by atoms with Gasteiger partial charge in [0.1, 0.15) is 0 Å². The van der Waals surface area contributed by atoms with Crippen LogP contribution in [0.25, 0.3) is 0 Å². The summed E-state index contributed by atoms with van der Waals surface area (Å²) >= 11 is 0. The van der Waals surface area contributed by atoms with Crippen molar-refractivity contribution in [1.29, 1.82) is 0 Å². The molecule has 1 atom stereocenters. The summed E-state index contributed by atoms with van der Waals surface area (Å²) in [6, 6.07) is 0.356. The van der Waals surface area contributed by atoms with Crippen molar-refractivity contribution in [2.75, 3.05) is 19.8 Å². The number of nitrogens with one attached hydrogen (secondary N) is 1. The summed E-state index contributed by atoms with van der Waals surface area (Å²) < 4.78 is 10.3. The van der Waals surface area contributed by atoms with E-state index in [0.717, 1.165) is 26.2 Å². The predicted octanol–water partition coefficient (Wildman–Crippen LogP) is 0.935. The highest BCUT2D eigenvalue weighted by molar-refractivity contribution is 4.83. The third kappa shape index (κ3) is 4.90. The van der Waals surface area contributed by atoms with E-state index in [1.807, 2.05) is 13.8 Å². The maximum atomic E-state index is 5.29. The topological polar surface area (TPSA) is 60.2 Å². The number of rotatable bonds is 7. The Hall–Kier alpha value is -0.940. The Kier molecular flexibility index (Phi) is 5.28. The van der Waals surface area contributed by atoms with Gasteiger partial charge in [-0.05, 0) is 20.8 Å². The van der Waals surface area contributed by atoms with Crippen molar-refractivity contribution >= 4 is 0 Å². The molecule has 86 valence electrons. The van der Waals surface area contributed by atoms with Crippen molar-refractivity contribution in [2.24, 2.45) is 0 Å². The van der Waals surface area contributed by atoms with E-state index in [4.69, 9.17) is 9.26 Å². The third-order valence-electron chi connectivity index (χ3n) is 1.97. The summed E-state index contributed by atoms with van der Waals surface area (Å²) in [5.74, 6) is 1.37. The molecule has 0 radical (unpaired) electrons. The smallest absolute Gasteiger partial charge is 0.227 e. The van der Waals surface area contributed by atoms with Gasteiger partial charge in [0, 0.05) is 25.6 Å². The fourth-order valence-electron chi connectivity index (χ4n) is 1.22. The summed E-state index contributed by atoms with van der Waals surface area (Å²) in [7, 11) is 0. The van der Waals surface area contributed by atoms with E-state index in [-0.39, 0.29) is 0 Å². The Balaban J connectivity index is 2.10. The predicted molar refractivity (Wildman–Crippen MR) is 56.7 cm³/mol. The molecule has 0 fully saturated rings. The fourth-order valence-corrected chi connectivity index (χ4v) is 1.22. The summed E-state index contributed by atoms with van der Waals surface area (Å²) in [6.07, 6.45) is 0.761. The fraction of sp³-hybridized carbons (Fsp3) is 0.800. The zero-order valence-electron chi connectivity index (χ0n) is 9.62. The van der Waals surface area contributed by atoms with E-state index in [2.05, 4.69) is 22.4 Å². The normalized spacial score (nSPS) is 13.0. The van der Waals surface area contributed by atoms with Gasteiger partial charge in [-0.1, -0.05) is 5.16 Å². The molecule has 0 saturated heterocycles. The van der Waals surface area contributed by atoms with Gasteiger partial charge in [0.15, 0.2) is 5.82 Å². The maximum absolute atomic E-state index is 5.29. The molecule has 0 saturated carbocycles. The highest BCUT2D eigenvalue weighted by Gasteiger charge is 2.04. The maximum Gasteiger partial charge on any atom is 0.227 e. The van der Waals surface area contributed by atoms with Crippen LogP contribution in [0.1, 0.15) is 25.6 Å². The molecule has 0 bridgehead atoms. The Morgan fingerprint density at radius 3 is 2.93 bits per heavy atom. The average molecular weight is 213 g/mol. The molecule has 0 aliphatic heterocycles. The second-order valence-electron chi connectivity index (χ2n) is 3.50. The first kappa shape index (κ1) is 12.1. The number of hydrogen-bond donors (Lipinski definition) is 1. The van der Waals surface area contributed by atoms with Gasteiger partial charge in [-0.2, -0.15) is 4.98 Å². The zero-order chi connectivity index (χ0) is 11.1. The van der Waals surface area contributed by atoms with Crippen molar-refractivity contribution < 1.29 is 9.26 Å². The van der Waals surface area contributed by atoms with Gasteiger partial charge < -0.3 is 14.6 Å². The lowest BCUT2D eigenvalue weighted by atomic mass is 10.3. The van der Waals surface area contributed by atoms with Crippen molar-refractivity contribution in [3.8, 4) is 0 Å². The van der Waals surface area contributed by atoms with E-state index in [9.17, 15) is 0 Å². The standard InChI is InChI=1S/C10H19N3O2/c1-4-14-7-8(2)11-6-5-10-12-9(3)13-15-10/h8,11H,4-7H2,1-3H3. The van der Waals surface area contributed by atoms with Crippen molar-refractivity contribution in [1.82, 2.24) is 15.5 Å². The van der Waals surface area contributed by atoms with Crippen LogP contribution >= 0.6 is 0 Å². The van der Waals surface area contributed by atoms with Crippen LogP contribution in [-0.4, -0.2) is 35.9 Å². The van der Waals surface area contributed by atoms with Gasteiger partial charge in [0.25, 0.3) is 0 Å². The monoisotopic (exact) mass is 213 g/mol. The van der Waals surface area contributed by atoms with Crippen molar-refractivity contribution in [3.05, 3.63) is 11.7 Å². The number of ether oxygens (including phenoxy) is 1. The molecule has 1 heterocycles. The summed E-state index contributed by atoms with van der Waals surface area (Å²) in [5.41, 5.74) is 0. The Labute approximate surface area is 90.2 Å². The summed E-state index contributed by atoms with van der Waals surface area (Å²) in [4.78, 5) is 4.12. The molecule has 5 heteroatoms. The number of nitrogens with zero attached hydrogens (tertiary/aromatic N) is 2. The molecular weight excluding hydrogens is 194 g/mol. The Morgan fingerprint density at radius 1 is 1.53 bits per heavy atom. The first-order chi connectivity index (χ1) is 7.22. The van der Waals surface area contributed by atoms with Crippen LogP contribution in [0, 0.1) is 6.92 Å². The van der Waals surface area contributed by atoms with Crippen LogP contribution in [0.3, 0.4) is 0 Å². The number of hydrogen-bond acceptors (Lipinski definition) is 5. The zero-order valence-corrected chi connectivity index (χ0v) is 9.62. The highest BCUT2D eigenvalue weighted by atomic mass is 16.5. The molecule has 1 rings (SSSR count). The lowest BCUT2D eigenvalue weighted by Crippen LogP contribution is -2.32. The van der Waals surface area contributed by atoms with Gasteiger partial charge in [0.2, 0.25) is 5.89 Å². The average Bonchev–Trinajstić information content (AvgIpc) is 2.61. The van der Waals surface area contributed by atoms with Crippen LogP contribution in [0.2, 0.25) is 0 Å². The first-order valence-electron chi connectivity index (χ1n) is 5.32. The minimum atomic E-state index is 0.356. The molecule has 0 aliphatic carbocycles. The second kappa shape index (κ2) is 6.53. The quantitative estimate of drug-likeness (QED) is 0.730. The SMILES string of the molecule is CCOCC(C)NCCc1nc(C)no1. The molecule has 1 aromatic rings. The molecule has 0 aliphatic rings. The molecular formula is C10H19N3O2. The van der Waals surface area contributed by atoms with Crippen LogP contribution in [0.15, 0.2) is 4.52 Å². The molecule has 0 aromatic carbocycles. The highest BCUT2D eigenvalue weighted by Crippen LogP contribution is 1.96. The van der Waals surface area contributed by atoms with Crippen LogP contribution in [0.5, 0.6) is 0 Å². The lowest BCUT2D eigenvalue weighted by Gasteiger charge is -2.12. The minimum Gasteiger partial charge on any atom is -0.380 e. The summed E-state index contributed by atoms with van der Waals surface area (Å²) in [6.45, 7) is 8.23. The van der Waals surface area contributed by atoms with Crippen LogP contribution < -0.4 is 5.32 Å². The van der Waals surface area contributed by atoms with Crippen molar-refractivity contribution in [3.63, 3.8) is 0 Å². The molecule has 1 unspecified atom stereocenters. The van der Waals surface area contributed by atoms with Gasteiger partial charge in [-0.3, -0.25) is 0 Å². The van der Waals surface area contributed by atoms with Gasteiger partial charge in [0.05, 0.1) is 6.61 Å².